The normalized spacial score (nSPS) is 14.9. The smallest absolute Gasteiger partial charge is 0.275 e. The summed E-state index contributed by atoms with van der Waals surface area (Å²) in [7, 11) is 0. The van der Waals surface area contributed by atoms with Crippen LogP contribution >= 0.6 is 34.4 Å². The molecule has 7 nitrogen and oxygen atoms in total. The standard InChI is InChI=1S/C22H23N5O2S3/c1-2-18-26-27-19(28)11-15(24-21(27)32-18)12-30-22-25-16-9-8-14(10-17(16)31-22)23-20(29)13-6-4-3-5-7-13/h8-11,13H,2-7,12H2,1H3,(H,23,29). The van der Waals surface area contributed by atoms with Crippen molar-refractivity contribution in [2.75, 3.05) is 5.32 Å². The van der Waals surface area contributed by atoms with E-state index in [-0.39, 0.29) is 17.4 Å². The number of fused-ring (bicyclic) bond motifs is 2. The van der Waals surface area contributed by atoms with E-state index < -0.39 is 0 Å². The summed E-state index contributed by atoms with van der Waals surface area (Å²) in [6.07, 6.45) is 6.28. The van der Waals surface area contributed by atoms with Crippen LogP contribution in [0.3, 0.4) is 0 Å². The highest BCUT2D eigenvalue weighted by atomic mass is 32.2. The first-order chi connectivity index (χ1) is 15.6. The molecule has 1 saturated carbocycles. The summed E-state index contributed by atoms with van der Waals surface area (Å²) >= 11 is 4.61. The molecule has 0 radical (unpaired) electrons. The first kappa shape index (κ1) is 21.5. The maximum absolute atomic E-state index is 12.5. The van der Waals surface area contributed by atoms with Gasteiger partial charge in [0.15, 0.2) is 4.34 Å². The molecular weight excluding hydrogens is 462 g/mol. The van der Waals surface area contributed by atoms with E-state index in [1.807, 2.05) is 25.1 Å². The van der Waals surface area contributed by atoms with E-state index in [9.17, 15) is 9.59 Å². The molecule has 0 unspecified atom stereocenters. The van der Waals surface area contributed by atoms with Crippen molar-refractivity contribution >= 4 is 61.2 Å². The molecule has 5 rings (SSSR count). The first-order valence-corrected chi connectivity index (χ1v) is 13.4. The van der Waals surface area contributed by atoms with E-state index in [4.69, 9.17) is 0 Å². The van der Waals surface area contributed by atoms with Gasteiger partial charge in [-0.05, 0) is 37.5 Å². The number of anilines is 1. The molecule has 1 aliphatic carbocycles. The molecule has 0 saturated heterocycles. The van der Waals surface area contributed by atoms with Gasteiger partial charge in [-0.1, -0.05) is 49.3 Å². The number of rotatable bonds is 6. The zero-order valence-corrected chi connectivity index (χ0v) is 20.1. The Labute approximate surface area is 197 Å². The molecule has 0 atom stereocenters. The second-order valence-electron chi connectivity index (χ2n) is 7.90. The summed E-state index contributed by atoms with van der Waals surface area (Å²) in [5, 5.41) is 8.27. The minimum atomic E-state index is -0.149. The van der Waals surface area contributed by atoms with Crippen molar-refractivity contribution in [3.8, 4) is 0 Å². The largest absolute Gasteiger partial charge is 0.326 e. The number of hydrogen-bond donors (Lipinski definition) is 1. The van der Waals surface area contributed by atoms with Crippen LogP contribution in [0.4, 0.5) is 5.69 Å². The van der Waals surface area contributed by atoms with Crippen molar-refractivity contribution in [2.45, 2.75) is 55.5 Å². The highest BCUT2D eigenvalue weighted by Gasteiger charge is 2.21. The van der Waals surface area contributed by atoms with Crippen molar-refractivity contribution in [1.29, 1.82) is 0 Å². The van der Waals surface area contributed by atoms with E-state index in [0.29, 0.717) is 10.7 Å². The zero-order valence-electron chi connectivity index (χ0n) is 17.7. The van der Waals surface area contributed by atoms with Crippen molar-refractivity contribution in [3.05, 3.63) is 45.3 Å². The Morgan fingerprint density at radius 3 is 2.84 bits per heavy atom. The Morgan fingerprint density at radius 1 is 1.19 bits per heavy atom. The summed E-state index contributed by atoms with van der Waals surface area (Å²) in [4.78, 5) is 34.8. The van der Waals surface area contributed by atoms with Crippen LogP contribution in [0.2, 0.25) is 0 Å². The number of aryl methyl sites for hydroxylation is 1. The fourth-order valence-corrected chi connectivity index (χ4v) is 6.76. The molecule has 1 aliphatic rings. The van der Waals surface area contributed by atoms with Crippen LogP contribution in [0, 0.1) is 5.92 Å². The lowest BCUT2D eigenvalue weighted by Gasteiger charge is -2.20. The van der Waals surface area contributed by atoms with Gasteiger partial charge in [0.05, 0.1) is 15.9 Å². The van der Waals surface area contributed by atoms with Crippen molar-refractivity contribution < 1.29 is 4.79 Å². The lowest BCUT2D eigenvalue weighted by Crippen LogP contribution is -2.24. The number of thioether (sulfide) groups is 1. The molecule has 1 N–H and O–H groups in total. The molecule has 166 valence electrons. The second-order valence-corrected chi connectivity index (χ2v) is 11.2. The quantitative estimate of drug-likeness (QED) is 0.381. The minimum Gasteiger partial charge on any atom is -0.326 e. The third kappa shape index (κ3) is 4.57. The predicted molar refractivity (Wildman–Crippen MR) is 131 cm³/mol. The zero-order chi connectivity index (χ0) is 22.1. The van der Waals surface area contributed by atoms with Crippen LogP contribution in [0.15, 0.2) is 33.4 Å². The van der Waals surface area contributed by atoms with Crippen molar-refractivity contribution in [2.24, 2.45) is 5.92 Å². The molecule has 1 amide bonds. The van der Waals surface area contributed by atoms with Gasteiger partial charge in [0.25, 0.3) is 5.56 Å². The van der Waals surface area contributed by atoms with Crippen LogP contribution in [-0.4, -0.2) is 25.5 Å². The molecular formula is C22H23N5O2S3. The van der Waals surface area contributed by atoms with Gasteiger partial charge in [0.2, 0.25) is 10.9 Å². The SMILES string of the molecule is CCc1nn2c(=O)cc(CSc3nc4ccc(NC(=O)C5CCCCC5)cc4s3)nc2s1. The van der Waals surface area contributed by atoms with Crippen LogP contribution in [0.1, 0.15) is 49.7 Å². The van der Waals surface area contributed by atoms with E-state index in [2.05, 4.69) is 20.4 Å². The number of carbonyl (C=O) groups is 1. The molecule has 4 aromatic rings. The third-order valence-electron chi connectivity index (χ3n) is 5.60. The molecule has 3 heterocycles. The number of aromatic nitrogens is 4. The molecule has 0 bridgehead atoms. The van der Waals surface area contributed by atoms with Gasteiger partial charge in [-0.25, -0.2) is 9.97 Å². The number of carbonyl (C=O) groups excluding carboxylic acids is 1. The lowest BCUT2D eigenvalue weighted by atomic mass is 9.88. The maximum Gasteiger partial charge on any atom is 0.275 e. The van der Waals surface area contributed by atoms with E-state index in [0.717, 1.165) is 63.0 Å². The van der Waals surface area contributed by atoms with Crippen LogP contribution in [0.5, 0.6) is 0 Å². The highest BCUT2D eigenvalue weighted by molar-refractivity contribution is 8.00. The van der Waals surface area contributed by atoms with Gasteiger partial charge < -0.3 is 5.32 Å². The van der Waals surface area contributed by atoms with Crippen molar-refractivity contribution in [3.63, 3.8) is 0 Å². The van der Waals surface area contributed by atoms with Crippen LogP contribution in [-0.2, 0) is 17.0 Å². The average Bonchev–Trinajstić information content (AvgIpc) is 3.41. The van der Waals surface area contributed by atoms with E-state index in [1.165, 1.54) is 22.3 Å². The number of benzene rings is 1. The Bertz CT molecular complexity index is 1340. The topological polar surface area (TPSA) is 89.3 Å². The minimum absolute atomic E-state index is 0.130. The van der Waals surface area contributed by atoms with Crippen molar-refractivity contribution in [1.82, 2.24) is 19.6 Å². The Hall–Kier alpha value is -2.30. The number of thiazole rings is 1. The monoisotopic (exact) mass is 485 g/mol. The number of hydrogen-bond acceptors (Lipinski definition) is 8. The number of nitrogens with one attached hydrogen (secondary N) is 1. The first-order valence-electron chi connectivity index (χ1n) is 10.8. The van der Waals surface area contributed by atoms with Gasteiger partial charge in [-0.15, -0.1) is 11.3 Å². The Balaban J connectivity index is 1.28. The summed E-state index contributed by atoms with van der Waals surface area (Å²) in [5.74, 6) is 0.828. The molecule has 3 aromatic heterocycles. The molecule has 10 heteroatoms. The van der Waals surface area contributed by atoms with Gasteiger partial charge in [-0.3, -0.25) is 9.59 Å². The molecule has 32 heavy (non-hydrogen) atoms. The predicted octanol–water partition coefficient (Wildman–Crippen LogP) is 5.13. The third-order valence-corrected chi connectivity index (χ3v) is 8.85. The van der Waals surface area contributed by atoms with Gasteiger partial charge >= 0.3 is 0 Å². The summed E-state index contributed by atoms with van der Waals surface area (Å²) in [6.45, 7) is 2.01. The Kier molecular flexibility index (Phi) is 6.25. The lowest BCUT2D eigenvalue weighted by molar-refractivity contribution is -0.120. The van der Waals surface area contributed by atoms with Gasteiger partial charge in [0, 0.05) is 23.4 Å². The van der Waals surface area contributed by atoms with Crippen LogP contribution < -0.4 is 10.9 Å². The highest BCUT2D eigenvalue weighted by Crippen LogP contribution is 2.33. The van der Waals surface area contributed by atoms with Crippen LogP contribution in [0.25, 0.3) is 15.2 Å². The maximum atomic E-state index is 12.5. The fourth-order valence-electron chi connectivity index (χ4n) is 3.90. The molecule has 1 fully saturated rings. The fraction of sp³-hybridized carbons (Fsp3) is 0.409. The second kappa shape index (κ2) is 9.29. The number of nitrogens with zero attached hydrogens (tertiary/aromatic N) is 4. The summed E-state index contributed by atoms with van der Waals surface area (Å²) < 4.78 is 3.32. The summed E-state index contributed by atoms with van der Waals surface area (Å²) in [6, 6.07) is 7.42. The average molecular weight is 486 g/mol. The van der Waals surface area contributed by atoms with E-state index >= 15 is 0 Å². The number of amides is 1. The Morgan fingerprint density at radius 2 is 2.03 bits per heavy atom. The molecule has 0 spiro atoms. The van der Waals surface area contributed by atoms with Gasteiger partial charge in [-0.2, -0.15) is 9.61 Å². The van der Waals surface area contributed by atoms with Gasteiger partial charge in [0.1, 0.15) is 5.01 Å². The van der Waals surface area contributed by atoms with E-state index in [1.54, 1.807) is 29.2 Å². The molecule has 1 aromatic carbocycles. The summed E-state index contributed by atoms with van der Waals surface area (Å²) in [5.41, 5.74) is 2.31. The molecule has 0 aliphatic heterocycles.